The average Bonchev–Trinajstić information content (AvgIpc) is 2.08. The van der Waals surface area contributed by atoms with Gasteiger partial charge in [-0.2, -0.15) is 17.6 Å². The molecule has 0 aliphatic carbocycles. The van der Waals surface area contributed by atoms with Crippen LogP contribution < -0.4 is 0 Å². The summed E-state index contributed by atoms with van der Waals surface area (Å²) in [6, 6.07) is 0. The van der Waals surface area contributed by atoms with Crippen molar-refractivity contribution in [2.45, 2.75) is 0 Å². The van der Waals surface area contributed by atoms with Crippen molar-refractivity contribution in [1.29, 1.82) is 0 Å². The molecule has 0 spiro atoms. The molecular weight excluding hydrogens is 190 g/mol. The Kier molecular flexibility index (Phi) is 1.90. The van der Waals surface area contributed by atoms with Crippen LogP contribution in [0.15, 0.2) is 23.6 Å². The van der Waals surface area contributed by atoms with E-state index < -0.39 is 34.0 Å². The Morgan fingerprint density at radius 1 is 0.667 bits per heavy atom. The molecule has 2 nitrogen and oxygen atoms in total. The second-order valence-corrected chi connectivity index (χ2v) is 1.73. The molecular formula is C4F6N2. The van der Waals surface area contributed by atoms with E-state index in [-0.39, 0.29) is 0 Å². The molecule has 0 fully saturated rings. The van der Waals surface area contributed by atoms with Crippen molar-refractivity contribution in [3.05, 3.63) is 23.6 Å². The van der Waals surface area contributed by atoms with E-state index in [1.165, 1.54) is 0 Å². The minimum atomic E-state index is -2.49. The van der Waals surface area contributed by atoms with E-state index in [4.69, 9.17) is 0 Å². The molecule has 0 atom stereocenters. The molecule has 12 heavy (non-hydrogen) atoms. The summed E-state index contributed by atoms with van der Waals surface area (Å²) in [7, 11) is 0. The third-order valence-corrected chi connectivity index (χ3v) is 1.03. The largest absolute Gasteiger partial charge is 0.282 e. The molecule has 8 heteroatoms. The molecule has 1 aliphatic rings. The highest BCUT2D eigenvalue weighted by Crippen LogP contribution is 2.34. The van der Waals surface area contributed by atoms with Crippen molar-refractivity contribution in [1.82, 2.24) is 10.5 Å². The maximum Gasteiger partial charge on any atom is 0.282 e. The Morgan fingerprint density at radius 3 is 1.17 bits per heavy atom. The lowest BCUT2D eigenvalue weighted by Gasteiger charge is -2.21. The fourth-order valence-electron chi connectivity index (χ4n) is 0.497. The Balaban J connectivity index is 3.18. The monoisotopic (exact) mass is 190 g/mol. The van der Waals surface area contributed by atoms with Crippen molar-refractivity contribution in [3.8, 4) is 0 Å². The number of allylic oxidation sites excluding steroid dienone is 2. The topological polar surface area (TPSA) is 6.48 Å². The Labute approximate surface area is 61.8 Å². The third kappa shape index (κ3) is 0.990. The van der Waals surface area contributed by atoms with E-state index in [2.05, 4.69) is 0 Å². The van der Waals surface area contributed by atoms with Crippen LogP contribution in [0.5, 0.6) is 0 Å². The molecule has 0 aromatic heterocycles. The van der Waals surface area contributed by atoms with Gasteiger partial charge in [0.2, 0.25) is 11.7 Å². The Morgan fingerprint density at radius 2 is 0.917 bits per heavy atom. The molecule has 0 saturated carbocycles. The second kappa shape index (κ2) is 2.61. The van der Waals surface area contributed by atoms with Gasteiger partial charge in [0.25, 0.3) is 11.9 Å². The molecule has 0 N–H and O–H groups in total. The van der Waals surface area contributed by atoms with Crippen molar-refractivity contribution >= 4 is 0 Å². The summed E-state index contributed by atoms with van der Waals surface area (Å²) in [4.78, 5) is 0. The zero-order chi connectivity index (χ0) is 9.46. The van der Waals surface area contributed by atoms with Crippen LogP contribution in [-0.2, 0) is 0 Å². The first kappa shape index (κ1) is 8.75. The van der Waals surface area contributed by atoms with Crippen LogP contribution in [0.4, 0.5) is 26.5 Å². The van der Waals surface area contributed by atoms with Gasteiger partial charge < -0.3 is 0 Å². The van der Waals surface area contributed by atoms with Gasteiger partial charge in [-0.15, -0.1) is 0 Å². The molecule has 0 saturated heterocycles. The molecule has 1 rings (SSSR count). The molecule has 0 amide bonds. The van der Waals surface area contributed by atoms with Gasteiger partial charge in [-0.1, -0.05) is 19.4 Å². The van der Waals surface area contributed by atoms with E-state index in [9.17, 15) is 26.5 Å². The fourth-order valence-corrected chi connectivity index (χ4v) is 0.497. The molecule has 1 aliphatic heterocycles. The molecule has 0 radical (unpaired) electrons. The van der Waals surface area contributed by atoms with E-state index >= 15 is 0 Å². The van der Waals surface area contributed by atoms with Gasteiger partial charge >= 0.3 is 0 Å². The van der Waals surface area contributed by atoms with E-state index in [1.54, 1.807) is 0 Å². The molecule has 0 aromatic carbocycles. The first-order valence-corrected chi connectivity index (χ1v) is 2.49. The van der Waals surface area contributed by atoms with Gasteiger partial charge in [0.1, 0.15) is 0 Å². The first-order valence-electron chi connectivity index (χ1n) is 2.49. The summed E-state index contributed by atoms with van der Waals surface area (Å²) in [5, 5.41) is -3.29. The quantitative estimate of drug-likeness (QED) is 0.329. The maximum absolute atomic E-state index is 12.0. The van der Waals surface area contributed by atoms with Gasteiger partial charge in [0.05, 0.1) is 0 Å². The lowest BCUT2D eigenvalue weighted by Crippen LogP contribution is -2.30. The number of rotatable bonds is 0. The van der Waals surface area contributed by atoms with E-state index in [1.807, 2.05) is 0 Å². The van der Waals surface area contributed by atoms with Crippen molar-refractivity contribution in [2.24, 2.45) is 0 Å². The highest BCUT2D eigenvalue weighted by atomic mass is 19.3. The van der Waals surface area contributed by atoms with Crippen LogP contribution in [0, 0.1) is 0 Å². The van der Waals surface area contributed by atoms with Crippen molar-refractivity contribution in [2.75, 3.05) is 0 Å². The lowest BCUT2D eigenvalue weighted by molar-refractivity contribution is -0.253. The minimum Gasteiger partial charge on any atom is -0.198 e. The summed E-state index contributed by atoms with van der Waals surface area (Å²) >= 11 is 0. The van der Waals surface area contributed by atoms with Gasteiger partial charge in [-0.05, 0) is 0 Å². The Hall–Kier alpha value is -1.34. The molecule has 0 aromatic rings. The summed E-state index contributed by atoms with van der Waals surface area (Å²) in [5.41, 5.74) is 0. The molecule has 0 bridgehead atoms. The van der Waals surface area contributed by atoms with Crippen molar-refractivity contribution in [3.63, 3.8) is 0 Å². The smallest absolute Gasteiger partial charge is 0.198 e. The summed E-state index contributed by atoms with van der Waals surface area (Å²) in [6.07, 6.45) is 0. The standard InChI is InChI=1S/C4F6N2/c5-1-2(6)4(8)12(10)11(9)3(1)7. The average molecular weight is 190 g/mol. The van der Waals surface area contributed by atoms with Crippen LogP contribution in [0.1, 0.15) is 0 Å². The minimum absolute atomic E-state index is 1.65. The number of nitrogens with zero attached hydrogens (tertiary/aromatic N) is 2. The van der Waals surface area contributed by atoms with Gasteiger partial charge in [0, 0.05) is 0 Å². The molecule has 0 unspecified atom stereocenters. The van der Waals surface area contributed by atoms with E-state index in [0.29, 0.717) is 0 Å². The van der Waals surface area contributed by atoms with Crippen LogP contribution in [0.25, 0.3) is 0 Å². The Bertz CT molecular complexity index is 243. The summed E-state index contributed by atoms with van der Waals surface area (Å²) in [6.45, 7) is 0. The van der Waals surface area contributed by atoms with Crippen LogP contribution in [-0.4, -0.2) is 10.5 Å². The summed E-state index contributed by atoms with van der Waals surface area (Å²) in [5.74, 6) is -9.83. The number of hydrogen-bond donors (Lipinski definition) is 0. The number of hydrazine groups is 1. The highest BCUT2D eigenvalue weighted by molar-refractivity contribution is 5.25. The van der Waals surface area contributed by atoms with Crippen LogP contribution >= 0.6 is 0 Å². The van der Waals surface area contributed by atoms with E-state index in [0.717, 1.165) is 0 Å². The predicted molar refractivity (Wildman–Crippen MR) is 24.4 cm³/mol. The molecule has 1 heterocycles. The second-order valence-electron chi connectivity index (χ2n) is 1.73. The SMILES string of the molecule is FC1=C(F)N(F)N(F)C(F)=C1F. The van der Waals surface area contributed by atoms with Crippen LogP contribution in [0.3, 0.4) is 0 Å². The molecule has 68 valence electrons. The van der Waals surface area contributed by atoms with Crippen LogP contribution in [0.2, 0.25) is 0 Å². The number of hydrogen-bond acceptors (Lipinski definition) is 2. The number of halogens is 6. The van der Waals surface area contributed by atoms with Crippen molar-refractivity contribution < 1.29 is 26.5 Å². The lowest BCUT2D eigenvalue weighted by atomic mass is 10.4. The zero-order valence-electron chi connectivity index (χ0n) is 5.16. The van der Waals surface area contributed by atoms with Gasteiger partial charge in [-0.3, -0.25) is 0 Å². The zero-order valence-corrected chi connectivity index (χ0v) is 5.16. The van der Waals surface area contributed by atoms with Gasteiger partial charge in [-0.25, -0.2) is 0 Å². The normalized spacial score (nSPS) is 19.5. The fraction of sp³-hybridized carbons (Fsp3) is 0. The summed E-state index contributed by atoms with van der Waals surface area (Å²) < 4.78 is 71.8. The first-order chi connectivity index (χ1) is 5.46. The highest BCUT2D eigenvalue weighted by Gasteiger charge is 2.36. The van der Waals surface area contributed by atoms with Gasteiger partial charge in [0.15, 0.2) is 0 Å². The maximum atomic E-state index is 12.0. The predicted octanol–water partition coefficient (Wildman–Crippen LogP) is 2.50. The third-order valence-electron chi connectivity index (χ3n) is 1.03.